The number of hydrogen-bond acceptors (Lipinski definition) is 4. The van der Waals surface area contributed by atoms with E-state index in [0.717, 1.165) is 11.1 Å². The van der Waals surface area contributed by atoms with E-state index in [0.29, 0.717) is 30.1 Å². The van der Waals surface area contributed by atoms with Gasteiger partial charge in [-0.25, -0.2) is 4.98 Å². The van der Waals surface area contributed by atoms with Crippen LogP contribution in [0.25, 0.3) is 22.4 Å². The van der Waals surface area contributed by atoms with Gasteiger partial charge >= 0.3 is 0 Å². The lowest BCUT2D eigenvalue weighted by Gasteiger charge is -2.04. The van der Waals surface area contributed by atoms with Crippen LogP contribution in [0.2, 0.25) is 0 Å². The van der Waals surface area contributed by atoms with Crippen LogP contribution in [0, 0.1) is 6.92 Å². The van der Waals surface area contributed by atoms with E-state index < -0.39 is 0 Å². The van der Waals surface area contributed by atoms with E-state index in [1.807, 2.05) is 24.4 Å². The summed E-state index contributed by atoms with van der Waals surface area (Å²) < 4.78 is 5.66. The molecule has 0 amide bonds. The molecule has 0 saturated carbocycles. The van der Waals surface area contributed by atoms with Gasteiger partial charge in [-0.2, -0.15) is 4.98 Å². The van der Waals surface area contributed by atoms with Crippen LogP contribution in [0.5, 0.6) is 0 Å². The minimum atomic E-state index is 0.525. The summed E-state index contributed by atoms with van der Waals surface area (Å²) in [5.41, 5.74) is 10.3. The van der Waals surface area contributed by atoms with Crippen LogP contribution in [-0.4, -0.2) is 16.5 Å². The molecule has 0 fully saturated rings. The molecule has 2 aromatic heterocycles. The molecule has 0 spiro atoms. The van der Waals surface area contributed by atoms with E-state index in [1.54, 1.807) is 0 Å². The van der Waals surface area contributed by atoms with Gasteiger partial charge < -0.3 is 10.2 Å². The average Bonchev–Trinajstić information content (AvgIpc) is 2.81. The summed E-state index contributed by atoms with van der Waals surface area (Å²) in [6, 6.07) is 10.2. The second-order valence-electron chi connectivity index (χ2n) is 4.51. The van der Waals surface area contributed by atoms with E-state index in [4.69, 9.17) is 10.2 Å². The van der Waals surface area contributed by atoms with Crippen molar-refractivity contribution < 1.29 is 4.42 Å². The number of pyridine rings is 1. The highest BCUT2D eigenvalue weighted by atomic mass is 16.3. The highest BCUT2D eigenvalue weighted by molar-refractivity contribution is 5.77. The maximum atomic E-state index is 5.66. The molecule has 4 nitrogen and oxygen atoms in total. The first-order chi connectivity index (χ1) is 9.28. The molecule has 0 unspecified atom stereocenters. The van der Waals surface area contributed by atoms with Gasteiger partial charge in [0.1, 0.15) is 0 Å². The molecule has 4 heteroatoms. The van der Waals surface area contributed by atoms with Crippen LogP contribution >= 0.6 is 0 Å². The second-order valence-corrected chi connectivity index (χ2v) is 4.51. The number of nitrogens with two attached hydrogens (primary N) is 1. The summed E-state index contributed by atoms with van der Waals surface area (Å²) in [6.45, 7) is 2.61. The number of rotatable bonds is 3. The zero-order chi connectivity index (χ0) is 13.2. The molecule has 0 atom stereocenters. The molecule has 3 rings (SSSR count). The highest BCUT2D eigenvalue weighted by Gasteiger charge is 2.09. The molecule has 0 radical (unpaired) electrons. The molecule has 96 valence electrons. The summed E-state index contributed by atoms with van der Waals surface area (Å²) in [5.74, 6) is 0.645. The van der Waals surface area contributed by atoms with Gasteiger partial charge in [0.2, 0.25) is 0 Å². The first-order valence-electron chi connectivity index (χ1n) is 6.29. The van der Waals surface area contributed by atoms with Crippen LogP contribution in [0.3, 0.4) is 0 Å². The summed E-state index contributed by atoms with van der Waals surface area (Å²) in [6.07, 6.45) is 2.47. The van der Waals surface area contributed by atoms with Crippen LogP contribution in [-0.2, 0) is 6.42 Å². The van der Waals surface area contributed by atoms with Crippen molar-refractivity contribution in [2.45, 2.75) is 13.3 Å². The van der Waals surface area contributed by atoms with Gasteiger partial charge in [0, 0.05) is 24.7 Å². The van der Waals surface area contributed by atoms with Gasteiger partial charge in [-0.15, -0.1) is 0 Å². The zero-order valence-corrected chi connectivity index (χ0v) is 10.8. The van der Waals surface area contributed by atoms with Crippen molar-refractivity contribution >= 4 is 11.2 Å². The molecule has 1 aromatic carbocycles. The number of hydrogen-bond donors (Lipinski definition) is 1. The quantitative estimate of drug-likeness (QED) is 0.779. The maximum Gasteiger partial charge on any atom is 0.198 e. The molecule has 19 heavy (non-hydrogen) atoms. The molecule has 0 aliphatic rings. The van der Waals surface area contributed by atoms with Gasteiger partial charge in [0.05, 0.1) is 0 Å². The Balaban J connectivity index is 2.08. The Morgan fingerprint density at radius 1 is 1.26 bits per heavy atom. The fourth-order valence-electron chi connectivity index (χ4n) is 2.14. The number of nitrogens with zero attached hydrogens (tertiary/aromatic N) is 2. The third-order valence-corrected chi connectivity index (χ3v) is 3.11. The zero-order valence-electron chi connectivity index (χ0n) is 10.8. The topological polar surface area (TPSA) is 64.9 Å². The first kappa shape index (κ1) is 11.9. The lowest BCUT2D eigenvalue weighted by atomic mass is 10.0. The second kappa shape index (κ2) is 4.82. The van der Waals surface area contributed by atoms with Gasteiger partial charge in [-0.3, -0.25) is 0 Å². The molecule has 0 bridgehead atoms. The predicted molar refractivity (Wildman–Crippen MR) is 74.7 cm³/mol. The number of aromatic nitrogens is 2. The van der Waals surface area contributed by atoms with E-state index >= 15 is 0 Å². The normalized spacial score (nSPS) is 11.1. The number of oxazole rings is 1. The van der Waals surface area contributed by atoms with Crippen molar-refractivity contribution in [1.29, 1.82) is 0 Å². The van der Waals surface area contributed by atoms with Crippen LogP contribution < -0.4 is 5.73 Å². The third-order valence-electron chi connectivity index (χ3n) is 3.11. The van der Waals surface area contributed by atoms with Gasteiger partial charge in [0.15, 0.2) is 17.1 Å². The van der Waals surface area contributed by atoms with E-state index in [9.17, 15) is 0 Å². The lowest BCUT2D eigenvalue weighted by Crippen LogP contribution is -2.02. The minimum Gasteiger partial charge on any atom is -0.439 e. The molecule has 0 aliphatic heterocycles. The molecular formula is C15H15N3O. The predicted octanol–water partition coefficient (Wildman–Crippen LogP) is 2.70. The Labute approximate surface area is 111 Å². The Kier molecular flexibility index (Phi) is 3.01. The minimum absolute atomic E-state index is 0.525. The van der Waals surface area contributed by atoms with Gasteiger partial charge in [-0.05, 0) is 24.1 Å². The Morgan fingerprint density at radius 2 is 2.11 bits per heavy atom. The standard InChI is InChI=1S/C15H15N3O/c1-10-4-2-3-5-12(10)11-8-13-15(17-9-11)18-14(19-13)6-7-16/h2-5,8-9H,6-7,16H2,1H3. The Morgan fingerprint density at radius 3 is 2.89 bits per heavy atom. The van der Waals surface area contributed by atoms with Gasteiger partial charge in [0.25, 0.3) is 0 Å². The molecule has 3 aromatic rings. The third kappa shape index (κ3) is 2.22. The van der Waals surface area contributed by atoms with Crippen molar-refractivity contribution in [3.63, 3.8) is 0 Å². The van der Waals surface area contributed by atoms with Gasteiger partial charge in [-0.1, -0.05) is 24.3 Å². The maximum absolute atomic E-state index is 5.66. The number of fused-ring (bicyclic) bond motifs is 1. The molecular weight excluding hydrogens is 238 g/mol. The number of benzene rings is 1. The molecule has 0 aliphatic carbocycles. The Bertz CT molecular complexity index is 718. The molecule has 2 N–H and O–H groups in total. The monoisotopic (exact) mass is 253 g/mol. The van der Waals surface area contributed by atoms with Crippen LogP contribution in [0.4, 0.5) is 0 Å². The first-order valence-corrected chi connectivity index (χ1v) is 6.29. The molecule has 2 heterocycles. The Hall–Kier alpha value is -2.20. The molecule has 0 saturated heterocycles. The summed E-state index contributed by atoms with van der Waals surface area (Å²) in [4.78, 5) is 8.66. The van der Waals surface area contributed by atoms with Crippen LogP contribution in [0.15, 0.2) is 40.9 Å². The van der Waals surface area contributed by atoms with E-state index in [-0.39, 0.29) is 0 Å². The lowest BCUT2D eigenvalue weighted by molar-refractivity contribution is 0.531. The van der Waals surface area contributed by atoms with Crippen molar-refractivity contribution in [1.82, 2.24) is 9.97 Å². The average molecular weight is 253 g/mol. The van der Waals surface area contributed by atoms with E-state index in [2.05, 4.69) is 29.0 Å². The summed E-state index contributed by atoms with van der Waals surface area (Å²) in [7, 11) is 0. The SMILES string of the molecule is Cc1ccccc1-c1cnc2nc(CCN)oc2c1. The van der Waals surface area contributed by atoms with Crippen molar-refractivity contribution in [2.75, 3.05) is 6.54 Å². The smallest absolute Gasteiger partial charge is 0.198 e. The fraction of sp³-hybridized carbons (Fsp3) is 0.200. The van der Waals surface area contributed by atoms with Crippen molar-refractivity contribution in [3.05, 3.63) is 48.0 Å². The summed E-state index contributed by atoms with van der Waals surface area (Å²) >= 11 is 0. The fourth-order valence-corrected chi connectivity index (χ4v) is 2.14. The summed E-state index contributed by atoms with van der Waals surface area (Å²) in [5, 5.41) is 0. The van der Waals surface area contributed by atoms with E-state index in [1.165, 1.54) is 5.56 Å². The highest BCUT2D eigenvalue weighted by Crippen LogP contribution is 2.25. The van der Waals surface area contributed by atoms with Crippen molar-refractivity contribution in [3.8, 4) is 11.1 Å². The van der Waals surface area contributed by atoms with Crippen LogP contribution in [0.1, 0.15) is 11.5 Å². The number of aryl methyl sites for hydroxylation is 1. The van der Waals surface area contributed by atoms with Crippen molar-refractivity contribution in [2.24, 2.45) is 5.73 Å². The largest absolute Gasteiger partial charge is 0.439 e.